The largest absolute Gasteiger partial charge is 0.361 e. The summed E-state index contributed by atoms with van der Waals surface area (Å²) in [6.07, 6.45) is 0. The molecule has 0 spiro atoms. The van der Waals surface area contributed by atoms with Gasteiger partial charge in [0, 0.05) is 168 Å². The number of fused-ring (bicyclic) bond motifs is 15. The van der Waals surface area contributed by atoms with E-state index in [-0.39, 0.29) is 98.1 Å². The summed E-state index contributed by atoms with van der Waals surface area (Å²) in [7, 11) is 6.44. The van der Waals surface area contributed by atoms with Gasteiger partial charge in [0.15, 0.2) is 0 Å². The van der Waals surface area contributed by atoms with Crippen molar-refractivity contribution in [3.63, 3.8) is 0 Å². The molecule has 0 bridgehead atoms. The number of aromatic nitrogens is 3. The molecule has 3 heterocycles. The van der Waals surface area contributed by atoms with Crippen molar-refractivity contribution in [1.29, 1.82) is 0 Å². The normalized spacial score (nSPS) is 11.1. The van der Waals surface area contributed by atoms with E-state index in [1.165, 1.54) is 131 Å². The molecule has 75 heavy (non-hydrogen) atoms. The predicted octanol–water partition coefficient (Wildman–Crippen LogP) is 17.8. The van der Waals surface area contributed by atoms with E-state index in [1.54, 1.807) is 0 Å². The van der Waals surface area contributed by atoms with Gasteiger partial charge in [-0.25, -0.2) is 0 Å². The van der Waals surface area contributed by atoms with Crippen LogP contribution in [0.1, 0.15) is 0 Å². The van der Waals surface area contributed by atoms with Gasteiger partial charge in [0.05, 0.1) is 0 Å². The second kappa shape index (κ2) is 22.4. The molecule has 0 aliphatic rings. The zero-order valence-corrected chi connectivity index (χ0v) is 50.6. The van der Waals surface area contributed by atoms with Crippen molar-refractivity contribution >= 4 is 97.7 Å². The number of rotatable bonds is 3. The minimum absolute atomic E-state index is 0. The molecule has 351 valence electrons. The molecule has 12 aromatic carbocycles. The summed E-state index contributed by atoms with van der Waals surface area (Å²) in [4.78, 5) is 0. The van der Waals surface area contributed by atoms with Gasteiger partial charge < -0.3 is 13.7 Å². The van der Waals surface area contributed by atoms with Crippen molar-refractivity contribution in [2.24, 2.45) is 21.1 Å². The van der Waals surface area contributed by atoms with E-state index in [1.807, 2.05) is 24.3 Å². The van der Waals surface area contributed by atoms with Crippen LogP contribution in [0.15, 0.2) is 237 Å². The molecule has 0 aliphatic heterocycles. The van der Waals surface area contributed by atoms with Crippen LogP contribution in [0.2, 0.25) is 0 Å². The molecule has 15 aromatic rings. The van der Waals surface area contributed by atoms with Crippen LogP contribution >= 0.6 is 0 Å². The van der Waals surface area contributed by atoms with Crippen LogP contribution in [0.25, 0.3) is 131 Å². The van der Waals surface area contributed by atoms with E-state index in [0.29, 0.717) is 0 Å². The molecule has 0 saturated carbocycles. The summed E-state index contributed by atoms with van der Waals surface area (Å²) in [5, 5.41) is 15.5. The topological polar surface area (TPSA) is 14.8 Å². The van der Waals surface area contributed by atoms with Gasteiger partial charge in [-0.3, -0.25) is 0 Å². The Morgan fingerprint density at radius 3 is 1.21 bits per heavy atom. The van der Waals surface area contributed by atoms with Gasteiger partial charge in [-0.15, -0.1) is 40.8 Å². The van der Waals surface area contributed by atoms with Gasteiger partial charge in [-0.2, -0.15) is 60.7 Å². The number of para-hydroxylation sites is 1. The molecule has 0 saturated heterocycles. The zero-order valence-electron chi connectivity index (χ0n) is 42.1. The Labute approximate surface area is 512 Å². The fourth-order valence-electron chi connectivity index (χ4n) is 11.2. The third kappa shape index (κ3) is 9.50. The maximum Gasteiger partial charge on any atom is 0.0495 e. The van der Waals surface area contributed by atoms with Crippen molar-refractivity contribution in [3.05, 3.63) is 255 Å². The van der Waals surface area contributed by atoms with E-state index >= 15 is 0 Å². The third-order valence-electron chi connectivity index (χ3n) is 14.8. The second-order valence-corrected chi connectivity index (χ2v) is 18.8. The average Bonchev–Trinajstić information content (AvgIpc) is 4.04. The van der Waals surface area contributed by atoms with Crippen LogP contribution in [0, 0.1) is 18.2 Å². The van der Waals surface area contributed by atoms with E-state index in [2.05, 4.69) is 265 Å². The van der Waals surface area contributed by atoms with Crippen molar-refractivity contribution < 1.29 is 98.1 Å². The molecule has 15 rings (SSSR count). The third-order valence-corrected chi connectivity index (χ3v) is 14.8. The van der Waals surface area contributed by atoms with Crippen molar-refractivity contribution in [1.82, 2.24) is 13.7 Å². The first-order chi connectivity index (χ1) is 35.5. The van der Waals surface area contributed by atoms with E-state index in [4.69, 9.17) is 0 Å². The molecule has 0 atom stereocenters. The molecule has 3 nitrogen and oxygen atoms in total. The SMILES string of the molecule is Cn1c2ccc(-c3cc[c-]cc3)cc2c2c3ccccc3ccc21.Cn1c2ccc(-c3ccc(-c4cc[c-]cc4)cc3)cc2c2c3ccccc3ccc21.Cn1c2ccccc2c2c[c-]c3ccccc3c21.[Y].[Y].[Y]. The number of aryl methyl sites for hydroxylation is 3. The maximum atomic E-state index is 3.39. The smallest absolute Gasteiger partial charge is 0.0495 e. The fraction of sp³-hybridized carbons (Fsp3) is 0.0435. The van der Waals surface area contributed by atoms with Crippen molar-refractivity contribution in [3.8, 4) is 33.4 Å². The number of benzene rings is 12. The summed E-state index contributed by atoms with van der Waals surface area (Å²) in [6, 6.07) is 93.6. The van der Waals surface area contributed by atoms with Gasteiger partial charge in [0.2, 0.25) is 0 Å². The molecule has 6 heteroatoms. The molecule has 3 radical (unpaired) electrons. The average molecular weight is 1190 g/mol. The minimum atomic E-state index is 0. The maximum absolute atomic E-state index is 3.39. The van der Waals surface area contributed by atoms with Crippen LogP contribution in [0.4, 0.5) is 0 Å². The number of hydrogen-bond donors (Lipinski definition) is 0. The van der Waals surface area contributed by atoms with Gasteiger partial charge in [0.1, 0.15) is 0 Å². The van der Waals surface area contributed by atoms with Gasteiger partial charge in [0.25, 0.3) is 0 Å². The molecule has 0 unspecified atom stereocenters. The standard InChI is InChI=1S/C29H20N.C23H16N.C17H12N.3Y/c1-30-27-17-16-24(22-13-11-21(12-14-22)20-7-3-2-4-8-20)19-26(27)29-25-10-6-5-9-23(25)15-18-28(29)30;1-24-21-13-12-18(16-7-3-2-4-8-16)15-20(21)23-19-10-6-5-9-17(19)11-14-22(23)24;1-18-16-9-5-4-8-14(16)15-11-10-12-6-2-3-7-13(12)17(15)18;;;/h3-19H,1H3;3-15H,1H3;2-9,11H,1H3;;;/q3*-1;;;. The minimum Gasteiger partial charge on any atom is -0.361 e. The summed E-state index contributed by atoms with van der Waals surface area (Å²) in [6.45, 7) is 0. The Morgan fingerprint density at radius 2 is 0.680 bits per heavy atom. The molecule has 3 aromatic heterocycles. The number of hydrogen-bond acceptors (Lipinski definition) is 0. The van der Waals surface area contributed by atoms with Crippen LogP contribution < -0.4 is 0 Å². The first-order valence-electron chi connectivity index (χ1n) is 24.6. The van der Waals surface area contributed by atoms with Crippen molar-refractivity contribution in [2.45, 2.75) is 0 Å². The van der Waals surface area contributed by atoms with Crippen LogP contribution in [0.5, 0.6) is 0 Å². The molecular formula is C69H48N3Y3-3. The Kier molecular flexibility index (Phi) is 15.7. The monoisotopic (exact) mass is 1190 g/mol. The Hall–Kier alpha value is -5.87. The van der Waals surface area contributed by atoms with Gasteiger partial charge >= 0.3 is 0 Å². The van der Waals surface area contributed by atoms with E-state index < -0.39 is 0 Å². The van der Waals surface area contributed by atoms with Gasteiger partial charge in [-0.05, 0) is 97.2 Å². The molecular weight excluding hydrogens is 1140 g/mol. The quantitative estimate of drug-likeness (QED) is 0.157. The fourth-order valence-corrected chi connectivity index (χ4v) is 11.2. The Bertz CT molecular complexity index is 4530. The predicted molar refractivity (Wildman–Crippen MR) is 307 cm³/mol. The van der Waals surface area contributed by atoms with Crippen LogP contribution in [0.3, 0.4) is 0 Å². The molecule has 0 amide bonds. The molecule has 0 fully saturated rings. The van der Waals surface area contributed by atoms with Crippen LogP contribution in [-0.2, 0) is 119 Å². The number of nitrogens with zero attached hydrogens (tertiary/aromatic N) is 3. The summed E-state index contributed by atoms with van der Waals surface area (Å²) in [5.74, 6) is 0. The Morgan fingerprint density at radius 1 is 0.293 bits per heavy atom. The Balaban J connectivity index is 0.000000129. The van der Waals surface area contributed by atoms with E-state index in [0.717, 1.165) is 0 Å². The first-order valence-corrected chi connectivity index (χ1v) is 24.6. The second-order valence-electron chi connectivity index (χ2n) is 18.8. The van der Waals surface area contributed by atoms with Crippen molar-refractivity contribution in [2.75, 3.05) is 0 Å². The summed E-state index contributed by atoms with van der Waals surface area (Å²) >= 11 is 0. The summed E-state index contributed by atoms with van der Waals surface area (Å²) in [5.41, 5.74) is 15.1. The molecule has 0 aliphatic carbocycles. The van der Waals surface area contributed by atoms with Gasteiger partial charge in [-0.1, -0.05) is 138 Å². The van der Waals surface area contributed by atoms with Crippen LogP contribution in [-0.4, -0.2) is 13.7 Å². The zero-order chi connectivity index (χ0) is 48.3. The van der Waals surface area contributed by atoms with E-state index in [9.17, 15) is 0 Å². The first kappa shape index (κ1) is 52.6. The summed E-state index contributed by atoms with van der Waals surface area (Å²) < 4.78 is 6.87. The molecule has 0 N–H and O–H groups in total.